The maximum atomic E-state index is 12.1. The number of hydrogen-bond donors (Lipinski definition) is 1. The number of amides is 1. The van der Waals surface area contributed by atoms with Crippen molar-refractivity contribution in [1.82, 2.24) is 0 Å². The Kier molecular flexibility index (Phi) is 6.27. The zero-order valence-electron chi connectivity index (χ0n) is 13.6. The third-order valence-corrected chi connectivity index (χ3v) is 3.14. The summed E-state index contributed by atoms with van der Waals surface area (Å²) in [6.45, 7) is 2.51. The maximum Gasteiger partial charge on any atom is 0.573 e. The molecule has 0 aliphatic heterocycles. The highest BCUT2D eigenvalue weighted by atomic mass is 19.4. The number of anilines is 1. The lowest BCUT2D eigenvalue weighted by Crippen LogP contribution is -2.17. The summed E-state index contributed by atoms with van der Waals surface area (Å²) in [5.41, 5.74) is 1.12. The van der Waals surface area contributed by atoms with Crippen LogP contribution in [0.5, 0.6) is 11.5 Å². The van der Waals surface area contributed by atoms with Crippen LogP contribution >= 0.6 is 0 Å². The van der Waals surface area contributed by atoms with E-state index < -0.39 is 6.36 Å². The van der Waals surface area contributed by atoms with Crippen LogP contribution in [0.3, 0.4) is 0 Å². The van der Waals surface area contributed by atoms with Crippen LogP contribution in [0.1, 0.15) is 18.9 Å². The summed E-state index contributed by atoms with van der Waals surface area (Å²) >= 11 is 0. The molecule has 0 aliphatic rings. The molecule has 2 aromatic rings. The van der Waals surface area contributed by atoms with Crippen molar-refractivity contribution >= 4 is 11.6 Å². The fraction of sp³-hybridized carbons (Fsp3) is 0.278. The Bertz CT molecular complexity index is 699. The molecule has 2 aromatic carbocycles. The minimum absolute atomic E-state index is 0.0222. The lowest BCUT2D eigenvalue weighted by Gasteiger charge is -2.12. The molecule has 0 atom stereocenters. The van der Waals surface area contributed by atoms with E-state index in [0.29, 0.717) is 23.6 Å². The first-order valence-electron chi connectivity index (χ1n) is 7.74. The summed E-state index contributed by atoms with van der Waals surface area (Å²) in [5, 5.41) is 2.75. The molecule has 1 N–H and O–H groups in total. The van der Waals surface area contributed by atoms with Gasteiger partial charge in [-0.25, -0.2) is 0 Å². The number of benzene rings is 2. The summed E-state index contributed by atoms with van der Waals surface area (Å²) in [6, 6.07) is 12.2. The van der Waals surface area contributed by atoms with Crippen molar-refractivity contribution in [2.45, 2.75) is 26.1 Å². The number of rotatable bonds is 7. The van der Waals surface area contributed by atoms with Gasteiger partial charge in [-0.15, -0.1) is 13.2 Å². The summed E-state index contributed by atoms with van der Waals surface area (Å²) in [4.78, 5) is 12.1. The van der Waals surface area contributed by atoms with Gasteiger partial charge >= 0.3 is 6.36 Å². The van der Waals surface area contributed by atoms with Crippen LogP contribution in [0.2, 0.25) is 0 Å². The predicted octanol–water partition coefficient (Wildman–Crippen LogP) is 4.56. The molecule has 0 aliphatic carbocycles. The van der Waals surface area contributed by atoms with E-state index in [0.717, 1.165) is 6.42 Å². The van der Waals surface area contributed by atoms with Crippen molar-refractivity contribution in [1.29, 1.82) is 0 Å². The molecule has 25 heavy (non-hydrogen) atoms. The van der Waals surface area contributed by atoms with Gasteiger partial charge in [0.15, 0.2) is 0 Å². The third-order valence-electron chi connectivity index (χ3n) is 3.14. The first-order chi connectivity index (χ1) is 11.9. The van der Waals surface area contributed by atoms with E-state index in [2.05, 4.69) is 10.1 Å². The van der Waals surface area contributed by atoms with Crippen LogP contribution in [0, 0.1) is 0 Å². The minimum atomic E-state index is -4.74. The normalized spacial score (nSPS) is 11.0. The topological polar surface area (TPSA) is 47.6 Å². The summed E-state index contributed by atoms with van der Waals surface area (Å²) in [5.74, 6) is -0.0429. The van der Waals surface area contributed by atoms with Crippen molar-refractivity contribution in [3.05, 3.63) is 54.1 Å². The number of carbonyl (C=O) groups excluding carboxylic acids is 1. The van der Waals surface area contributed by atoms with E-state index in [1.807, 2.05) is 6.92 Å². The van der Waals surface area contributed by atoms with E-state index in [9.17, 15) is 18.0 Å². The van der Waals surface area contributed by atoms with Gasteiger partial charge in [-0.3, -0.25) is 4.79 Å². The van der Waals surface area contributed by atoms with Crippen molar-refractivity contribution in [3.63, 3.8) is 0 Å². The Morgan fingerprint density at radius 3 is 2.40 bits per heavy atom. The lowest BCUT2D eigenvalue weighted by molar-refractivity contribution is -0.274. The Hall–Kier alpha value is -2.70. The molecule has 2 rings (SSSR count). The van der Waals surface area contributed by atoms with Gasteiger partial charge in [-0.1, -0.05) is 31.2 Å². The number of alkyl halides is 3. The quantitative estimate of drug-likeness (QED) is 0.794. The minimum Gasteiger partial charge on any atom is -0.491 e. The molecule has 0 heterocycles. The Labute approximate surface area is 143 Å². The first-order valence-corrected chi connectivity index (χ1v) is 7.74. The van der Waals surface area contributed by atoms with Gasteiger partial charge in [0.05, 0.1) is 18.7 Å². The molecule has 134 valence electrons. The summed E-state index contributed by atoms with van der Waals surface area (Å²) < 4.78 is 45.7. The second-order valence-electron chi connectivity index (χ2n) is 5.26. The number of hydrogen-bond acceptors (Lipinski definition) is 3. The van der Waals surface area contributed by atoms with Crippen LogP contribution in [0.25, 0.3) is 0 Å². The third kappa shape index (κ3) is 6.37. The fourth-order valence-electron chi connectivity index (χ4n) is 2.10. The van der Waals surface area contributed by atoms with E-state index in [-0.39, 0.29) is 18.1 Å². The van der Waals surface area contributed by atoms with Crippen molar-refractivity contribution in [2.75, 3.05) is 11.9 Å². The molecule has 0 radical (unpaired) electrons. The van der Waals surface area contributed by atoms with Crippen LogP contribution < -0.4 is 14.8 Å². The summed E-state index contributed by atoms with van der Waals surface area (Å²) in [7, 11) is 0. The number of halogens is 3. The first kappa shape index (κ1) is 18.6. The molecule has 0 saturated heterocycles. The van der Waals surface area contributed by atoms with Crippen molar-refractivity contribution in [2.24, 2.45) is 0 Å². The SMILES string of the molecule is CCCOc1ccccc1NC(=O)Cc1ccc(OC(F)(F)F)cc1. The van der Waals surface area contributed by atoms with Gasteiger partial charge in [-0.05, 0) is 36.2 Å². The smallest absolute Gasteiger partial charge is 0.491 e. The predicted molar refractivity (Wildman–Crippen MR) is 87.7 cm³/mol. The fourth-order valence-corrected chi connectivity index (χ4v) is 2.10. The lowest BCUT2D eigenvalue weighted by atomic mass is 10.1. The Morgan fingerprint density at radius 1 is 1.08 bits per heavy atom. The van der Waals surface area contributed by atoms with E-state index >= 15 is 0 Å². The second kappa shape index (κ2) is 8.41. The molecule has 0 bridgehead atoms. The molecule has 7 heteroatoms. The molecular weight excluding hydrogens is 335 g/mol. The average Bonchev–Trinajstić information content (AvgIpc) is 2.54. The van der Waals surface area contributed by atoms with Gasteiger partial charge in [-0.2, -0.15) is 0 Å². The molecule has 1 amide bonds. The van der Waals surface area contributed by atoms with Crippen LogP contribution in [-0.4, -0.2) is 18.9 Å². The zero-order valence-corrected chi connectivity index (χ0v) is 13.6. The molecular formula is C18H18F3NO3. The van der Waals surface area contributed by atoms with Crippen LogP contribution in [0.15, 0.2) is 48.5 Å². The molecule has 0 saturated carbocycles. The molecule has 0 aromatic heterocycles. The monoisotopic (exact) mass is 353 g/mol. The highest BCUT2D eigenvalue weighted by Crippen LogP contribution is 2.25. The standard InChI is InChI=1S/C18H18F3NO3/c1-2-11-24-16-6-4-3-5-15(16)22-17(23)12-13-7-9-14(10-8-13)25-18(19,20)21/h3-10H,2,11-12H2,1H3,(H,22,23). The van der Waals surface area contributed by atoms with Crippen LogP contribution in [-0.2, 0) is 11.2 Å². The van der Waals surface area contributed by atoms with Crippen LogP contribution in [0.4, 0.5) is 18.9 Å². The maximum absolute atomic E-state index is 12.1. The summed E-state index contributed by atoms with van der Waals surface area (Å²) in [6.07, 6.45) is -3.87. The zero-order chi connectivity index (χ0) is 18.3. The largest absolute Gasteiger partial charge is 0.573 e. The molecule has 0 spiro atoms. The molecule has 0 unspecified atom stereocenters. The van der Waals surface area contributed by atoms with E-state index in [1.165, 1.54) is 24.3 Å². The highest BCUT2D eigenvalue weighted by Gasteiger charge is 2.30. The number of ether oxygens (including phenoxy) is 2. The average molecular weight is 353 g/mol. The number of carbonyl (C=O) groups is 1. The van der Waals surface area contributed by atoms with E-state index in [4.69, 9.17) is 4.74 Å². The van der Waals surface area contributed by atoms with Crippen molar-refractivity contribution in [3.8, 4) is 11.5 Å². The highest BCUT2D eigenvalue weighted by molar-refractivity contribution is 5.93. The van der Waals surface area contributed by atoms with Gasteiger partial charge in [0.2, 0.25) is 5.91 Å². The molecule has 4 nitrogen and oxygen atoms in total. The number of para-hydroxylation sites is 2. The number of nitrogens with one attached hydrogen (secondary N) is 1. The second-order valence-corrected chi connectivity index (χ2v) is 5.26. The van der Waals surface area contributed by atoms with Gasteiger partial charge in [0, 0.05) is 0 Å². The van der Waals surface area contributed by atoms with Gasteiger partial charge < -0.3 is 14.8 Å². The van der Waals surface area contributed by atoms with E-state index in [1.54, 1.807) is 24.3 Å². The van der Waals surface area contributed by atoms with Crippen molar-refractivity contribution < 1.29 is 27.4 Å². The van der Waals surface area contributed by atoms with Gasteiger partial charge in [0.25, 0.3) is 0 Å². The molecule has 0 fully saturated rings. The van der Waals surface area contributed by atoms with Gasteiger partial charge in [0.1, 0.15) is 11.5 Å². The Morgan fingerprint density at radius 2 is 1.76 bits per heavy atom. The Balaban J connectivity index is 1.96.